The van der Waals surface area contributed by atoms with Crippen LogP contribution in [0.3, 0.4) is 0 Å². The van der Waals surface area contributed by atoms with Crippen molar-refractivity contribution in [3.63, 3.8) is 0 Å². The number of rotatable bonds is 3. The zero-order valence-corrected chi connectivity index (χ0v) is 11.8. The Morgan fingerprint density at radius 2 is 1.89 bits per heavy atom. The third kappa shape index (κ3) is 2.61. The van der Waals surface area contributed by atoms with Crippen molar-refractivity contribution in [2.75, 3.05) is 0 Å². The largest absolute Gasteiger partial charge is 0.488 e. The van der Waals surface area contributed by atoms with Crippen LogP contribution in [0.25, 0.3) is 10.8 Å². The molecule has 0 aliphatic rings. The van der Waals surface area contributed by atoms with Crippen molar-refractivity contribution >= 4 is 26.7 Å². The van der Waals surface area contributed by atoms with Crippen molar-refractivity contribution in [2.45, 2.75) is 6.61 Å². The van der Waals surface area contributed by atoms with Crippen LogP contribution in [0.15, 0.2) is 65.4 Å². The smallest absolute Gasteiger partial charge is 0.134 e. The van der Waals surface area contributed by atoms with E-state index in [0.717, 1.165) is 21.2 Å². The van der Waals surface area contributed by atoms with Gasteiger partial charge in [0.25, 0.3) is 0 Å². The number of hydrogen-bond donors (Lipinski definition) is 0. The van der Waals surface area contributed by atoms with Gasteiger partial charge in [0.05, 0.1) is 4.47 Å². The minimum Gasteiger partial charge on any atom is -0.488 e. The van der Waals surface area contributed by atoms with E-state index in [0.29, 0.717) is 6.61 Å². The third-order valence-electron chi connectivity index (χ3n) is 2.94. The molecule has 0 saturated carbocycles. The highest BCUT2D eigenvalue weighted by molar-refractivity contribution is 9.10. The van der Waals surface area contributed by atoms with E-state index in [9.17, 15) is 0 Å². The summed E-state index contributed by atoms with van der Waals surface area (Å²) in [7, 11) is 0. The monoisotopic (exact) mass is 313 g/mol. The summed E-state index contributed by atoms with van der Waals surface area (Å²) in [5.41, 5.74) is 1.06. The Morgan fingerprint density at radius 3 is 2.74 bits per heavy atom. The van der Waals surface area contributed by atoms with Crippen LogP contribution < -0.4 is 4.74 Å². The molecule has 0 aliphatic carbocycles. The fraction of sp³-hybridized carbons (Fsp3) is 0.0625. The van der Waals surface area contributed by atoms with E-state index in [-0.39, 0.29) is 0 Å². The van der Waals surface area contributed by atoms with Crippen LogP contribution in [0.1, 0.15) is 5.56 Å². The minimum atomic E-state index is 0.519. The van der Waals surface area contributed by atoms with E-state index in [1.807, 2.05) is 36.5 Å². The lowest BCUT2D eigenvalue weighted by molar-refractivity contribution is 0.304. The van der Waals surface area contributed by atoms with Crippen LogP contribution in [-0.4, -0.2) is 4.98 Å². The van der Waals surface area contributed by atoms with Crippen LogP contribution in [-0.2, 0) is 6.61 Å². The van der Waals surface area contributed by atoms with Gasteiger partial charge in [-0.25, -0.2) is 0 Å². The van der Waals surface area contributed by atoms with Gasteiger partial charge < -0.3 is 4.74 Å². The first-order valence-corrected chi connectivity index (χ1v) is 6.83. The standard InChI is InChI=1S/C16H12BrNO/c17-16-14-6-2-1-5-13(14)7-8-15(16)19-11-12-4-3-9-18-10-12/h1-10H,11H2. The van der Waals surface area contributed by atoms with E-state index in [1.54, 1.807) is 6.20 Å². The van der Waals surface area contributed by atoms with Gasteiger partial charge in [-0.15, -0.1) is 0 Å². The van der Waals surface area contributed by atoms with Gasteiger partial charge in [-0.2, -0.15) is 0 Å². The predicted molar refractivity (Wildman–Crippen MR) is 80.2 cm³/mol. The second-order valence-corrected chi connectivity index (χ2v) is 5.04. The Balaban J connectivity index is 1.87. The molecular weight excluding hydrogens is 302 g/mol. The Hall–Kier alpha value is -1.87. The van der Waals surface area contributed by atoms with Crippen molar-refractivity contribution in [1.82, 2.24) is 4.98 Å². The molecule has 0 spiro atoms. The molecular formula is C16H12BrNO. The number of halogens is 1. The van der Waals surface area contributed by atoms with Gasteiger partial charge in [-0.05, 0) is 38.8 Å². The highest BCUT2D eigenvalue weighted by atomic mass is 79.9. The number of nitrogens with zero attached hydrogens (tertiary/aromatic N) is 1. The third-order valence-corrected chi connectivity index (χ3v) is 3.76. The van der Waals surface area contributed by atoms with E-state index in [1.165, 1.54) is 5.39 Å². The molecule has 2 nitrogen and oxygen atoms in total. The highest BCUT2D eigenvalue weighted by Crippen LogP contribution is 2.33. The fourth-order valence-corrected chi connectivity index (χ4v) is 2.58. The van der Waals surface area contributed by atoms with Crippen LogP contribution in [0.5, 0.6) is 5.75 Å². The topological polar surface area (TPSA) is 22.1 Å². The van der Waals surface area contributed by atoms with Crippen molar-refractivity contribution in [1.29, 1.82) is 0 Å². The second-order valence-electron chi connectivity index (χ2n) is 4.25. The molecule has 94 valence electrons. The average molecular weight is 314 g/mol. The van der Waals surface area contributed by atoms with Crippen LogP contribution in [0, 0.1) is 0 Å². The summed E-state index contributed by atoms with van der Waals surface area (Å²) in [6.45, 7) is 0.519. The molecule has 0 saturated heterocycles. The summed E-state index contributed by atoms with van der Waals surface area (Å²) in [4.78, 5) is 4.08. The van der Waals surface area contributed by atoms with E-state index in [4.69, 9.17) is 4.74 Å². The van der Waals surface area contributed by atoms with Crippen molar-refractivity contribution in [2.24, 2.45) is 0 Å². The predicted octanol–water partition coefficient (Wildman–Crippen LogP) is 4.58. The molecule has 3 rings (SSSR count). The maximum Gasteiger partial charge on any atom is 0.134 e. The van der Waals surface area contributed by atoms with Gasteiger partial charge in [0.15, 0.2) is 0 Å². The van der Waals surface area contributed by atoms with Gasteiger partial charge >= 0.3 is 0 Å². The quantitative estimate of drug-likeness (QED) is 0.706. The van der Waals surface area contributed by atoms with Crippen LogP contribution in [0.4, 0.5) is 0 Å². The van der Waals surface area contributed by atoms with Crippen molar-refractivity contribution < 1.29 is 4.74 Å². The van der Waals surface area contributed by atoms with Gasteiger partial charge in [0.1, 0.15) is 12.4 Å². The molecule has 0 amide bonds. The summed E-state index contributed by atoms with van der Waals surface area (Å²) in [5.74, 6) is 0.850. The van der Waals surface area contributed by atoms with E-state index in [2.05, 4.69) is 39.1 Å². The number of aromatic nitrogens is 1. The molecule has 3 aromatic rings. The number of fused-ring (bicyclic) bond motifs is 1. The van der Waals surface area contributed by atoms with Crippen LogP contribution >= 0.6 is 15.9 Å². The van der Waals surface area contributed by atoms with Crippen molar-refractivity contribution in [3.05, 3.63) is 71.0 Å². The highest BCUT2D eigenvalue weighted by Gasteiger charge is 2.05. The molecule has 3 heteroatoms. The SMILES string of the molecule is Brc1c(OCc2cccnc2)ccc2ccccc12. The Labute approximate surface area is 120 Å². The lowest BCUT2D eigenvalue weighted by Gasteiger charge is -2.10. The molecule has 0 radical (unpaired) electrons. The summed E-state index contributed by atoms with van der Waals surface area (Å²) >= 11 is 3.61. The van der Waals surface area contributed by atoms with Gasteiger partial charge in [-0.3, -0.25) is 4.98 Å². The molecule has 0 unspecified atom stereocenters. The number of ether oxygens (including phenoxy) is 1. The first-order valence-electron chi connectivity index (χ1n) is 6.03. The molecule has 0 fully saturated rings. The van der Waals surface area contributed by atoms with Gasteiger partial charge in [0.2, 0.25) is 0 Å². The second kappa shape index (κ2) is 5.41. The Morgan fingerprint density at radius 1 is 1.00 bits per heavy atom. The molecule has 2 aromatic carbocycles. The lowest BCUT2D eigenvalue weighted by atomic mass is 10.1. The molecule has 0 atom stereocenters. The Kier molecular flexibility index (Phi) is 3.47. The fourth-order valence-electron chi connectivity index (χ4n) is 1.97. The Bertz CT molecular complexity index is 697. The molecule has 19 heavy (non-hydrogen) atoms. The average Bonchev–Trinajstić information content (AvgIpc) is 2.48. The normalized spacial score (nSPS) is 10.6. The summed E-state index contributed by atoms with van der Waals surface area (Å²) in [5, 5.41) is 2.36. The van der Waals surface area contributed by atoms with Crippen LogP contribution in [0.2, 0.25) is 0 Å². The van der Waals surface area contributed by atoms with E-state index >= 15 is 0 Å². The minimum absolute atomic E-state index is 0.519. The molecule has 0 aliphatic heterocycles. The number of pyridine rings is 1. The molecule has 0 N–H and O–H groups in total. The summed E-state index contributed by atoms with van der Waals surface area (Å²) in [6.07, 6.45) is 3.57. The maximum absolute atomic E-state index is 5.84. The lowest BCUT2D eigenvalue weighted by Crippen LogP contribution is -1.96. The zero-order chi connectivity index (χ0) is 13.1. The summed E-state index contributed by atoms with van der Waals surface area (Å²) < 4.78 is 6.84. The molecule has 1 heterocycles. The van der Waals surface area contributed by atoms with Crippen molar-refractivity contribution in [3.8, 4) is 5.75 Å². The molecule has 0 bridgehead atoms. The molecule has 1 aromatic heterocycles. The number of hydrogen-bond acceptors (Lipinski definition) is 2. The first-order chi connectivity index (χ1) is 9.34. The number of benzene rings is 2. The van der Waals surface area contributed by atoms with E-state index < -0.39 is 0 Å². The first kappa shape index (κ1) is 12.2. The van der Waals surface area contributed by atoms with Gasteiger partial charge in [0, 0.05) is 18.0 Å². The maximum atomic E-state index is 5.84. The zero-order valence-electron chi connectivity index (χ0n) is 10.2. The summed E-state index contributed by atoms with van der Waals surface area (Å²) in [6, 6.07) is 16.2. The van der Waals surface area contributed by atoms with Gasteiger partial charge in [-0.1, -0.05) is 36.4 Å².